The Morgan fingerprint density at radius 2 is 1.96 bits per heavy atom. The number of aryl methyl sites for hydroxylation is 2. The first kappa shape index (κ1) is 16.7. The molecule has 1 aliphatic rings. The molecule has 0 fully saturated rings. The summed E-state index contributed by atoms with van der Waals surface area (Å²) in [7, 11) is 0. The molecule has 24 heavy (non-hydrogen) atoms. The fraction of sp³-hybridized carbons (Fsp3) is 0.316. The lowest BCUT2D eigenvalue weighted by Gasteiger charge is -2.13. The molecule has 3 rings (SSSR count). The van der Waals surface area contributed by atoms with E-state index in [0.29, 0.717) is 11.5 Å². The van der Waals surface area contributed by atoms with Crippen LogP contribution in [0, 0.1) is 13.8 Å². The van der Waals surface area contributed by atoms with E-state index < -0.39 is 0 Å². The zero-order valence-corrected chi connectivity index (χ0v) is 14.9. The van der Waals surface area contributed by atoms with Gasteiger partial charge >= 0.3 is 0 Å². The van der Waals surface area contributed by atoms with Gasteiger partial charge in [-0.15, -0.1) is 11.8 Å². The fourth-order valence-corrected chi connectivity index (χ4v) is 3.42. The first-order valence-corrected chi connectivity index (χ1v) is 8.96. The van der Waals surface area contributed by atoms with Crippen molar-refractivity contribution in [2.24, 2.45) is 0 Å². The minimum atomic E-state index is -0.143. The molecule has 1 heterocycles. The van der Waals surface area contributed by atoms with Crippen LogP contribution in [0.15, 0.2) is 36.4 Å². The van der Waals surface area contributed by atoms with E-state index in [-0.39, 0.29) is 18.0 Å². The first-order chi connectivity index (χ1) is 11.5. The predicted molar refractivity (Wildman–Crippen MR) is 97.9 cm³/mol. The van der Waals surface area contributed by atoms with Gasteiger partial charge in [0, 0.05) is 17.5 Å². The molecule has 0 saturated carbocycles. The Balaban J connectivity index is 1.57. The van der Waals surface area contributed by atoms with Gasteiger partial charge in [0.2, 0.25) is 12.7 Å². The van der Waals surface area contributed by atoms with Crippen LogP contribution in [0.1, 0.15) is 23.6 Å². The number of hydrogen-bond acceptors (Lipinski definition) is 4. The van der Waals surface area contributed by atoms with Crippen LogP contribution in [0.25, 0.3) is 0 Å². The third kappa shape index (κ3) is 3.85. The lowest BCUT2D eigenvalue weighted by molar-refractivity contribution is -0.115. The first-order valence-electron chi connectivity index (χ1n) is 7.91. The molecule has 0 aromatic heterocycles. The Bertz CT molecular complexity index is 760. The van der Waals surface area contributed by atoms with Crippen molar-refractivity contribution in [1.82, 2.24) is 0 Å². The van der Waals surface area contributed by atoms with Crippen molar-refractivity contribution in [2.45, 2.75) is 31.8 Å². The fourth-order valence-electron chi connectivity index (χ4n) is 2.46. The van der Waals surface area contributed by atoms with Gasteiger partial charge in [-0.25, -0.2) is 0 Å². The summed E-state index contributed by atoms with van der Waals surface area (Å²) in [6.45, 7) is 6.35. The van der Waals surface area contributed by atoms with Crippen molar-refractivity contribution in [3.05, 3.63) is 53.1 Å². The number of ether oxygens (including phenoxy) is 2. The molecule has 1 aliphatic heterocycles. The van der Waals surface area contributed by atoms with Crippen LogP contribution in [-0.2, 0) is 10.5 Å². The molecule has 0 radical (unpaired) electrons. The number of anilines is 1. The molecular weight excluding hydrogens is 322 g/mol. The van der Waals surface area contributed by atoms with Crippen LogP contribution in [-0.4, -0.2) is 18.0 Å². The average Bonchev–Trinajstić information content (AvgIpc) is 3.03. The molecular formula is C19H21NO3S. The molecule has 0 saturated heterocycles. The second-order valence-corrected chi connectivity index (χ2v) is 7.27. The number of hydrogen-bond donors (Lipinski definition) is 1. The maximum atomic E-state index is 12.4. The van der Waals surface area contributed by atoms with Crippen molar-refractivity contribution >= 4 is 23.4 Å². The number of benzene rings is 2. The highest BCUT2D eigenvalue weighted by molar-refractivity contribution is 7.99. The number of carbonyl (C=O) groups excluding carboxylic acids is 1. The number of carbonyl (C=O) groups is 1. The summed E-state index contributed by atoms with van der Waals surface area (Å²) < 4.78 is 10.6. The molecule has 5 heteroatoms. The molecule has 1 N–H and O–H groups in total. The van der Waals surface area contributed by atoms with E-state index in [0.717, 1.165) is 11.4 Å². The van der Waals surface area contributed by atoms with E-state index in [9.17, 15) is 4.79 Å². The van der Waals surface area contributed by atoms with E-state index in [1.807, 2.05) is 19.1 Å². The standard InChI is InChI=1S/C19H21NO3S/c1-12-4-5-13(2)15(8-12)10-24-14(3)19(21)20-16-6-7-17-18(9-16)23-11-22-17/h4-9,14H,10-11H2,1-3H3,(H,20,21). The molecule has 1 atom stereocenters. The molecule has 1 amide bonds. The van der Waals surface area contributed by atoms with E-state index in [4.69, 9.17) is 9.47 Å². The second-order valence-electron chi connectivity index (χ2n) is 5.94. The molecule has 126 valence electrons. The summed E-state index contributed by atoms with van der Waals surface area (Å²) in [5, 5.41) is 2.80. The Morgan fingerprint density at radius 3 is 2.79 bits per heavy atom. The number of rotatable bonds is 5. The normalized spacial score (nSPS) is 13.6. The minimum Gasteiger partial charge on any atom is -0.454 e. The van der Waals surface area contributed by atoms with Crippen molar-refractivity contribution < 1.29 is 14.3 Å². The lowest BCUT2D eigenvalue weighted by Crippen LogP contribution is -2.22. The van der Waals surface area contributed by atoms with Crippen molar-refractivity contribution in [2.75, 3.05) is 12.1 Å². The lowest BCUT2D eigenvalue weighted by atomic mass is 10.1. The number of thioether (sulfide) groups is 1. The summed E-state index contributed by atoms with van der Waals surface area (Å²) in [6, 6.07) is 11.9. The summed E-state index contributed by atoms with van der Waals surface area (Å²) >= 11 is 1.64. The van der Waals surface area contributed by atoms with Crippen LogP contribution < -0.4 is 14.8 Å². The van der Waals surface area contributed by atoms with Gasteiger partial charge in [0.1, 0.15) is 0 Å². The molecule has 0 spiro atoms. The third-order valence-corrected chi connectivity index (χ3v) is 5.19. The van der Waals surface area contributed by atoms with Crippen molar-refractivity contribution in [3.63, 3.8) is 0 Å². The van der Waals surface area contributed by atoms with Crippen LogP contribution in [0.5, 0.6) is 11.5 Å². The smallest absolute Gasteiger partial charge is 0.237 e. The number of fused-ring (bicyclic) bond motifs is 1. The van der Waals surface area contributed by atoms with Gasteiger partial charge < -0.3 is 14.8 Å². The van der Waals surface area contributed by atoms with Gasteiger partial charge in [0.15, 0.2) is 11.5 Å². The van der Waals surface area contributed by atoms with Crippen LogP contribution in [0.2, 0.25) is 0 Å². The van der Waals surface area contributed by atoms with E-state index in [1.165, 1.54) is 16.7 Å². The Morgan fingerprint density at radius 1 is 1.17 bits per heavy atom. The highest BCUT2D eigenvalue weighted by Crippen LogP contribution is 2.34. The van der Waals surface area contributed by atoms with Gasteiger partial charge in [0.05, 0.1) is 5.25 Å². The molecule has 2 aromatic rings. The maximum Gasteiger partial charge on any atom is 0.237 e. The highest BCUT2D eigenvalue weighted by atomic mass is 32.2. The zero-order valence-electron chi connectivity index (χ0n) is 14.1. The van der Waals surface area contributed by atoms with Crippen molar-refractivity contribution in [1.29, 1.82) is 0 Å². The third-order valence-electron chi connectivity index (χ3n) is 4.00. The van der Waals surface area contributed by atoms with Gasteiger partial charge in [-0.2, -0.15) is 0 Å². The average molecular weight is 343 g/mol. The van der Waals surface area contributed by atoms with Gasteiger partial charge in [0.25, 0.3) is 0 Å². The minimum absolute atomic E-state index is 0.0100. The Labute approximate surface area is 146 Å². The largest absolute Gasteiger partial charge is 0.454 e. The van der Waals surface area contributed by atoms with E-state index in [2.05, 4.69) is 37.4 Å². The van der Waals surface area contributed by atoms with Crippen molar-refractivity contribution in [3.8, 4) is 11.5 Å². The predicted octanol–water partition coefficient (Wildman–Crippen LogP) is 4.29. The summed E-state index contributed by atoms with van der Waals surface area (Å²) in [5.41, 5.74) is 4.51. The molecule has 0 aliphatic carbocycles. The molecule has 0 bridgehead atoms. The van der Waals surface area contributed by atoms with E-state index >= 15 is 0 Å². The summed E-state index contributed by atoms with van der Waals surface area (Å²) in [4.78, 5) is 12.4. The zero-order chi connectivity index (χ0) is 17.1. The van der Waals surface area contributed by atoms with Crippen LogP contribution in [0.4, 0.5) is 5.69 Å². The van der Waals surface area contributed by atoms with E-state index in [1.54, 1.807) is 17.8 Å². The topological polar surface area (TPSA) is 47.6 Å². The quantitative estimate of drug-likeness (QED) is 0.880. The molecule has 4 nitrogen and oxygen atoms in total. The maximum absolute atomic E-state index is 12.4. The highest BCUT2D eigenvalue weighted by Gasteiger charge is 2.17. The summed E-state index contributed by atoms with van der Waals surface area (Å²) in [6.07, 6.45) is 0. The van der Waals surface area contributed by atoms with Crippen LogP contribution >= 0.6 is 11.8 Å². The summed E-state index contributed by atoms with van der Waals surface area (Å²) in [5.74, 6) is 2.20. The Hall–Kier alpha value is -2.14. The monoisotopic (exact) mass is 343 g/mol. The number of nitrogens with one attached hydrogen (secondary N) is 1. The Kier molecular flexibility index (Phi) is 5.00. The van der Waals surface area contributed by atoms with Gasteiger partial charge in [-0.1, -0.05) is 23.8 Å². The van der Waals surface area contributed by atoms with Crippen LogP contribution in [0.3, 0.4) is 0 Å². The number of amides is 1. The van der Waals surface area contributed by atoms with Gasteiger partial charge in [-0.3, -0.25) is 4.79 Å². The second kappa shape index (κ2) is 7.18. The van der Waals surface area contributed by atoms with Gasteiger partial charge in [-0.05, 0) is 44.0 Å². The molecule has 2 aromatic carbocycles. The SMILES string of the molecule is Cc1ccc(C)c(CSC(C)C(=O)Nc2ccc3c(c2)OCO3)c1. The molecule has 1 unspecified atom stereocenters.